The second-order valence-corrected chi connectivity index (χ2v) is 19.9. The Morgan fingerprint density at radius 2 is 0.562 bits per heavy atom. The molecule has 0 aromatic heterocycles. The molecule has 0 aromatic rings. The molecule has 0 aromatic carbocycles. The van der Waals surface area contributed by atoms with Gasteiger partial charge in [0.1, 0.15) is 13.2 Å². The van der Waals surface area contributed by atoms with Gasteiger partial charge >= 0.3 is 17.9 Å². The van der Waals surface area contributed by atoms with Gasteiger partial charge in [-0.25, -0.2) is 0 Å². The minimum absolute atomic E-state index is 0.110. The van der Waals surface area contributed by atoms with E-state index in [4.69, 9.17) is 14.2 Å². The molecule has 1 unspecified atom stereocenters. The first-order valence-electron chi connectivity index (χ1n) is 30.4. The fourth-order valence-electron chi connectivity index (χ4n) is 8.20. The van der Waals surface area contributed by atoms with Crippen LogP contribution in [0.4, 0.5) is 0 Å². The van der Waals surface area contributed by atoms with Crippen LogP contribution in [0.1, 0.15) is 278 Å². The van der Waals surface area contributed by atoms with Crippen molar-refractivity contribution in [2.24, 2.45) is 0 Å². The standard InChI is InChI=1S/C67H112O6/c1-4-7-10-13-16-19-22-25-27-29-31-33-35-37-39-42-45-48-51-54-57-60-66(69)72-63-64(62-71-65(68)59-56-53-50-47-44-41-24-21-18-15-12-9-6-3)73-67(70)61-58-55-52-49-46-43-40-38-36-34-32-30-28-26-23-20-17-14-11-8-5-2/h9,12,18,21-23,25-26,29-32,35,37,41,44,50,53,64H,4-8,10-11,13-17,19-20,24,27-28,33-34,36,38-40,42-43,45-49,51-52,54-63H2,1-3H3/b12-9-,21-18-,25-22-,26-23-,31-29-,32-30-,37-35-,44-41-,53-50-. The minimum Gasteiger partial charge on any atom is -0.462 e. The van der Waals surface area contributed by atoms with E-state index in [1.165, 1.54) is 135 Å². The van der Waals surface area contributed by atoms with Crippen LogP contribution in [0.15, 0.2) is 109 Å². The zero-order valence-corrected chi connectivity index (χ0v) is 47.6. The molecule has 0 amide bonds. The van der Waals surface area contributed by atoms with Crippen molar-refractivity contribution < 1.29 is 28.6 Å². The van der Waals surface area contributed by atoms with Crippen molar-refractivity contribution in [1.29, 1.82) is 0 Å². The van der Waals surface area contributed by atoms with Crippen LogP contribution in [0.5, 0.6) is 0 Å². The van der Waals surface area contributed by atoms with Crippen LogP contribution in [-0.4, -0.2) is 37.2 Å². The van der Waals surface area contributed by atoms with E-state index in [-0.39, 0.29) is 37.5 Å². The predicted octanol–water partition coefficient (Wildman–Crippen LogP) is 20.7. The van der Waals surface area contributed by atoms with Crippen molar-refractivity contribution in [2.45, 2.75) is 284 Å². The predicted molar refractivity (Wildman–Crippen MR) is 316 cm³/mol. The quantitative estimate of drug-likeness (QED) is 0.0261. The Labute approximate surface area is 450 Å². The maximum Gasteiger partial charge on any atom is 0.306 e. The fraction of sp³-hybridized carbons (Fsp3) is 0.687. The summed E-state index contributed by atoms with van der Waals surface area (Å²) < 4.78 is 16.8. The number of hydrogen-bond donors (Lipinski definition) is 0. The summed E-state index contributed by atoms with van der Waals surface area (Å²) in [6, 6.07) is 0. The van der Waals surface area contributed by atoms with Gasteiger partial charge in [0.15, 0.2) is 6.10 Å². The highest BCUT2D eigenvalue weighted by atomic mass is 16.6. The van der Waals surface area contributed by atoms with Crippen molar-refractivity contribution in [1.82, 2.24) is 0 Å². The van der Waals surface area contributed by atoms with Crippen LogP contribution in [-0.2, 0) is 28.6 Å². The van der Waals surface area contributed by atoms with E-state index in [1.807, 2.05) is 6.08 Å². The van der Waals surface area contributed by atoms with Gasteiger partial charge in [-0.3, -0.25) is 14.4 Å². The molecular weight excluding hydrogens is 901 g/mol. The lowest BCUT2D eigenvalue weighted by Crippen LogP contribution is -2.30. The summed E-state index contributed by atoms with van der Waals surface area (Å²) in [7, 11) is 0. The molecule has 6 heteroatoms. The molecule has 0 fully saturated rings. The van der Waals surface area contributed by atoms with E-state index in [2.05, 4.69) is 124 Å². The topological polar surface area (TPSA) is 78.9 Å². The van der Waals surface area contributed by atoms with Crippen LogP contribution in [0.25, 0.3) is 0 Å². The number of carbonyl (C=O) groups is 3. The Morgan fingerprint density at radius 3 is 0.918 bits per heavy atom. The van der Waals surface area contributed by atoms with Crippen molar-refractivity contribution in [3.8, 4) is 0 Å². The molecule has 1 atom stereocenters. The van der Waals surface area contributed by atoms with Gasteiger partial charge in [-0.15, -0.1) is 0 Å². The molecular formula is C67H112O6. The van der Waals surface area contributed by atoms with E-state index < -0.39 is 6.10 Å². The number of allylic oxidation sites excluding steroid dienone is 18. The van der Waals surface area contributed by atoms with E-state index >= 15 is 0 Å². The third-order valence-electron chi connectivity index (χ3n) is 12.7. The largest absolute Gasteiger partial charge is 0.462 e. The van der Waals surface area contributed by atoms with Crippen LogP contribution in [0.3, 0.4) is 0 Å². The van der Waals surface area contributed by atoms with Crippen LogP contribution in [0, 0.1) is 0 Å². The molecule has 0 rings (SSSR count). The van der Waals surface area contributed by atoms with E-state index in [0.717, 1.165) is 96.3 Å². The smallest absolute Gasteiger partial charge is 0.306 e. The number of hydrogen-bond acceptors (Lipinski definition) is 6. The molecule has 6 nitrogen and oxygen atoms in total. The van der Waals surface area contributed by atoms with Crippen LogP contribution >= 0.6 is 0 Å². The van der Waals surface area contributed by atoms with E-state index in [9.17, 15) is 14.4 Å². The third-order valence-corrected chi connectivity index (χ3v) is 12.7. The second kappa shape index (κ2) is 60.6. The highest BCUT2D eigenvalue weighted by molar-refractivity contribution is 5.71. The molecule has 73 heavy (non-hydrogen) atoms. The Kier molecular flexibility index (Phi) is 57.4. The molecule has 0 aliphatic heterocycles. The summed E-state index contributed by atoms with van der Waals surface area (Å²) in [5, 5.41) is 0. The van der Waals surface area contributed by atoms with Crippen molar-refractivity contribution in [3.63, 3.8) is 0 Å². The minimum atomic E-state index is -0.818. The number of esters is 3. The lowest BCUT2D eigenvalue weighted by Gasteiger charge is -2.18. The molecule has 0 spiro atoms. The molecule has 0 saturated heterocycles. The molecule has 0 heterocycles. The van der Waals surface area contributed by atoms with Gasteiger partial charge < -0.3 is 14.2 Å². The SMILES string of the molecule is CC/C=C\C/C=C\C/C=C\C/C=C\CCC(=O)OCC(COC(=O)CCCCCCCC/C=C\C/C=C\C/C=C\CCCCCCC)OC(=O)CCCCCCCCCCC/C=C\C/C=C\CCCCCCC. The van der Waals surface area contributed by atoms with Crippen molar-refractivity contribution in [3.05, 3.63) is 109 Å². The Morgan fingerprint density at radius 1 is 0.288 bits per heavy atom. The molecule has 0 bridgehead atoms. The average Bonchev–Trinajstić information content (AvgIpc) is 3.39. The second-order valence-electron chi connectivity index (χ2n) is 19.9. The summed E-state index contributed by atoms with van der Waals surface area (Å²) in [5.41, 5.74) is 0. The first-order valence-corrected chi connectivity index (χ1v) is 30.4. The molecule has 0 aliphatic rings. The highest BCUT2D eigenvalue weighted by Crippen LogP contribution is 2.15. The molecule has 0 N–H and O–H groups in total. The first-order chi connectivity index (χ1) is 36.0. The number of carbonyl (C=O) groups excluding carboxylic acids is 3. The Bertz CT molecular complexity index is 1490. The van der Waals surface area contributed by atoms with E-state index in [1.54, 1.807) is 0 Å². The maximum absolute atomic E-state index is 12.9. The fourth-order valence-corrected chi connectivity index (χ4v) is 8.20. The first kappa shape index (κ1) is 69.1. The number of rotatable bonds is 54. The number of unbranched alkanes of at least 4 members (excludes halogenated alkanes) is 25. The van der Waals surface area contributed by atoms with Crippen LogP contribution < -0.4 is 0 Å². The highest BCUT2D eigenvalue weighted by Gasteiger charge is 2.19. The normalized spacial score (nSPS) is 12.9. The average molecular weight is 1010 g/mol. The lowest BCUT2D eigenvalue weighted by atomic mass is 10.1. The van der Waals surface area contributed by atoms with Crippen molar-refractivity contribution in [2.75, 3.05) is 13.2 Å². The van der Waals surface area contributed by atoms with E-state index in [0.29, 0.717) is 19.3 Å². The number of ether oxygens (including phenoxy) is 3. The zero-order valence-electron chi connectivity index (χ0n) is 47.6. The van der Waals surface area contributed by atoms with Gasteiger partial charge in [-0.2, -0.15) is 0 Å². The maximum atomic E-state index is 12.9. The van der Waals surface area contributed by atoms with Gasteiger partial charge in [-0.1, -0.05) is 252 Å². The lowest BCUT2D eigenvalue weighted by molar-refractivity contribution is -0.166. The Balaban J connectivity index is 4.44. The van der Waals surface area contributed by atoms with Crippen LogP contribution in [0.2, 0.25) is 0 Å². The van der Waals surface area contributed by atoms with Gasteiger partial charge in [-0.05, 0) is 116 Å². The summed E-state index contributed by atoms with van der Waals surface area (Å²) in [6.07, 6.45) is 82.4. The Hall–Kier alpha value is -3.93. The third kappa shape index (κ3) is 58.8. The summed E-state index contributed by atoms with van der Waals surface area (Å²) in [5.74, 6) is -1.01. The van der Waals surface area contributed by atoms with Gasteiger partial charge in [0.05, 0.1) is 0 Å². The molecule has 0 saturated carbocycles. The summed E-state index contributed by atoms with van der Waals surface area (Å²) >= 11 is 0. The zero-order chi connectivity index (χ0) is 52.9. The molecule has 0 radical (unpaired) electrons. The van der Waals surface area contributed by atoms with Gasteiger partial charge in [0.25, 0.3) is 0 Å². The van der Waals surface area contributed by atoms with Gasteiger partial charge in [0, 0.05) is 19.3 Å². The molecule has 416 valence electrons. The van der Waals surface area contributed by atoms with Gasteiger partial charge in [0.2, 0.25) is 0 Å². The monoisotopic (exact) mass is 1010 g/mol. The summed E-state index contributed by atoms with van der Waals surface area (Å²) in [4.78, 5) is 38.2. The molecule has 0 aliphatic carbocycles. The van der Waals surface area contributed by atoms with Crippen molar-refractivity contribution >= 4 is 17.9 Å². The summed E-state index contributed by atoms with van der Waals surface area (Å²) in [6.45, 7) is 6.43.